The Labute approximate surface area is 131 Å². The highest BCUT2D eigenvalue weighted by Crippen LogP contribution is 2.09. The Morgan fingerprint density at radius 2 is 1.35 bits per heavy atom. The summed E-state index contributed by atoms with van der Waals surface area (Å²) < 4.78 is 11.1. The smallest absolute Gasteiger partial charge is 0.0721 e. The fourth-order valence-electron chi connectivity index (χ4n) is 1.51. The lowest BCUT2D eigenvalue weighted by Gasteiger charge is -2.08. The molecule has 0 saturated carbocycles. The molecule has 1 rings (SSSR count). The molecule has 1 aromatic carbocycles. The van der Waals surface area contributed by atoms with Crippen LogP contribution in [0.4, 0.5) is 0 Å². The molecule has 0 fully saturated rings. The van der Waals surface area contributed by atoms with E-state index in [0.717, 1.165) is 22.3 Å². The Morgan fingerprint density at radius 1 is 0.900 bits per heavy atom. The monoisotopic (exact) mass is 314 g/mol. The highest BCUT2D eigenvalue weighted by Gasteiger charge is 1.99. The summed E-state index contributed by atoms with van der Waals surface area (Å²) in [5.74, 6) is 0.858. The van der Waals surface area contributed by atoms with E-state index >= 15 is 0 Å². The predicted octanol–water partition coefficient (Wildman–Crippen LogP) is 4.31. The van der Waals surface area contributed by atoms with Crippen LogP contribution in [0.3, 0.4) is 0 Å². The molecule has 0 aromatic heterocycles. The highest BCUT2D eigenvalue weighted by molar-refractivity contribution is 6.19. The normalized spacial score (nSPS) is 10.5. The van der Waals surface area contributed by atoms with Crippen LogP contribution < -0.4 is 0 Å². The zero-order chi connectivity index (χ0) is 14.8. The summed E-state index contributed by atoms with van der Waals surface area (Å²) in [7, 11) is 0. The van der Waals surface area contributed by atoms with Crippen molar-refractivity contribution < 1.29 is 9.47 Å². The third kappa shape index (κ3) is 7.11. The van der Waals surface area contributed by atoms with Crippen molar-refractivity contribution in [1.82, 2.24) is 0 Å². The molecule has 2 nitrogen and oxygen atoms in total. The van der Waals surface area contributed by atoms with E-state index in [1.54, 1.807) is 0 Å². The van der Waals surface area contributed by atoms with E-state index in [1.165, 1.54) is 0 Å². The Kier molecular flexibility index (Phi) is 8.63. The predicted molar refractivity (Wildman–Crippen MR) is 85.5 cm³/mol. The van der Waals surface area contributed by atoms with Crippen molar-refractivity contribution in [2.45, 2.75) is 13.2 Å². The summed E-state index contributed by atoms with van der Waals surface area (Å²) in [6, 6.07) is 8.09. The van der Waals surface area contributed by atoms with E-state index in [-0.39, 0.29) is 0 Å². The van der Waals surface area contributed by atoms with E-state index in [9.17, 15) is 0 Å². The molecule has 0 aliphatic heterocycles. The summed E-state index contributed by atoms with van der Waals surface area (Å²) in [6.07, 6.45) is 0. The molecule has 0 unspecified atom stereocenters. The lowest BCUT2D eigenvalue weighted by Crippen LogP contribution is -2.01. The van der Waals surface area contributed by atoms with Crippen molar-refractivity contribution in [1.29, 1.82) is 0 Å². The minimum atomic E-state index is 0.429. The van der Waals surface area contributed by atoms with E-state index < -0.39 is 0 Å². The number of hydrogen-bond acceptors (Lipinski definition) is 2. The zero-order valence-corrected chi connectivity index (χ0v) is 13.1. The van der Waals surface area contributed by atoms with Crippen LogP contribution in [0.25, 0.3) is 0 Å². The molecule has 0 bridgehead atoms. The van der Waals surface area contributed by atoms with Gasteiger partial charge in [0.1, 0.15) is 0 Å². The van der Waals surface area contributed by atoms with Gasteiger partial charge in [0.15, 0.2) is 0 Å². The highest BCUT2D eigenvalue weighted by atomic mass is 35.5. The topological polar surface area (TPSA) is 18.5 Å². The maximum absolute atomic E-state index is 5.64. The van der Waals surface area contributed by atoms with E-state index in [0.29, 0.717) is 38.2 Å². The van der Waals surface area contributed by atoms with Crippen molar-refractivity contribution in [2.24, 2.45) is 0 Å². The summed E-state index contributed by atoms with van der Waals surface area (Å²) >= 11 is 11.3. The maximum atomic E-state index is 5.64. The minimum Gasteiger partial charge on any atom is -0.372 e. The Hall–Kier alpha value is -0.800. The van der Waals surface area contributed by atoms with Crippen LogP contribution in [0, 0.1) is 0 Å². The van der Waals surface area contributed by atoms with Gasteiger partial charge in [-0.15, -0.1) is 23.2 Å². The number of ether oxygens (including phenoxy) is 2. The molecule has 0 saturated heterocycles. The van der Waals surface area contributed by atoms with Crippen molar-refractivity contribution >= 4 is 23.2 Å². The molecular weight excluding hydrogens is 295 g/mol. The van der Waals surface area contributed by atoms with Crippen molar-refractivity contribution in [3.8, 4) is 0 Å². The fraction of sp³-hybridized carbons (Fsp3) is 0.375. The number of hydrogen-bond donors (Lipinski definition) is 0. The lowest BCUT2D eigenvalue weighted by atomic mass is 10.1. The van der Waals surface area contributed by atoms with Gasteiger partial charge in [0, 0.05) is 11.8 Å². The van der Waals surface area contributed by atoms with Gasteiger partial charge in [0.2, 0.25) is 0 Å². The summed E-state index contributed by atoms with van der Waals surface area (Å²) in [5, 5.41) is 0. The third-order valence-electron chi connectivity index (χ3n) is 2.52. The average Bonchev–Trinajstić information content (AvgIpc) is 2.47. The van der Waals surface area contributed by atoms with Crippen molar-refractivity contribution in [3.05, 3.63) is 59.7 Å². The number of rotatable bonds is 10. The molecule has 20 heavy (non-hydrogen) atoms. The molecule has 0 N–H and O–H groups in total. The van der Waals surface area contributed by atoms with Crippen LogP contribution in [-0.2, 0) is 22.7 Å². The van der Waals surface area contributed by atoms with Crippen LogP contribution >= 0.6 is 23.2 Å². The number of halogens is 2. The Balaban J connectivity index is 2.37. The average molecular weight is 315 g/mol. The zero-order valence-electron chi connectivity index (χ0n) is 11.5. The van der Waals surface area contributed by atoms with Gasteiger partial charge in [0.25, 0.3) is 0 Å². The first kappa shape index (κ1) is 17.3. The lowest BCUT2D eigenvalue weighted by molar-refractivity contribution is 0.139. The van der Waals surface area contributed by atoms with Gasteiger partial charge in [-0.3, -0.25) is 0 Å². The van der Waals surface area contributed by atoms with Gasteiger partial charge in [-0.2, -0.15) is 0 Å². The quantitative estimate of drug-likeness (QED) is 0.473. The molecule has 0 aliphatic rings. The molecule has 0 heterocycles. The summed E-state index contributed by atoms with van der Waals surface area (Å²) in [4.78, 5) is 0. The molecular formula is C16H20Cl2O2. The maximum Gasteiger partial charge on any atom is 0.0721 e. The molecule has 0 amide bonds. The number of benzene rings is 1. The van der Waals surface area contributed by atoms with Gasteiger partial charge in [-0.05, 0) is 22.3 Å². The Morgan fingerprint density at radius 3 is 1.75 bits per heavy atom. The van der Waals surface area contributed by atoms with Crippen LogP contribution in [0.15, 0.2) is 48.6 Å². The number of alkyl halides is 2. The van der Waals surface area contributed by atoms with Crippen molar-refractivity contribution in [2.75, 3.05) is 25.0 Å². The van der Waals surface area contributed by atoms with Gasteiger partial charge in [0.05, 0.1) is 26.4 Å². The molecule has 0 spiro atoms. The molecule has 0 atom stereocenters. The largest absolute Gasteiger partial charge is 0.372 e. The molecule has 0 radical (unpaired) electrons. The van der Waals surface area contributed by atoms with Crippen LogP contribution in [-0.4, -0.2) is 25.0 Å². The Bertz CT molecular complexity index is 407. The van der Waals surface area contributed by atoms with E-state index in [1.807, 2.05) is 18.2 Å². The van der Waals surface area contributed by atoms with Crippen molar-refractivity contribution in [3.63, 3.8) is 0 Å². The van der Waals surface area contributed by atoms with E-state index in [2.05, 4.69) is 19.2 Å². The van der Waals surface area contributed by atoms with E-state index in [4.69, 9.17) is 32.7 Å². The summed E-state index contributed by atoms with van der Waals surface area (Å²) in [5.41, 5.74) is 3.96. The second-order valence-corrected chi connectivity index (χ2v) is 5.11. The van der Waals surface area contributed by atoms with Gasteiger partial charge in [-0.1, -0.05) is 37.4 Å². The standard InChI is InChI=1S/C16H20Cl2O2/c1-13(7-17)9-19-11-15-4-3-5-16(6-15)12-20-10-14(2)8-18/h3-6H,1-2,7-12H2. The molecule has 110 valence electrons. The minimum absolute atomic E-state index is 0.429. The molecule has 1 aromatic rings. The second kappa shape index (κ2) is 10.0. The third-order valence-corrected chi connectivity index (χ3v) is 3.28. The molecule has 4 heteroatoms. The van der Waals surface area contributed by atoms with Crippen LogP contribution in [0.1, 0.15) is 11.1 Å². The van der Waals surface area contributed by atoms with Crippen LogP contribution in [0.5, 0.6) is 0 Å². The second-order valence-electron chi connectivity index (χ2n) is 4.57. The SMILES string of the molecule is C=C(CCl)COCc1cccc(COCC(=C)CCl)c1. The van der Waals surface area contributed by atoms with Gasteiger partial charge < -0.3 is 9.47 Å². The van der Waals surface area contributed by atoms with Crippen LogP contribution in [0.2, 0.25) is 0 Å². The first-order valence-electron chi connectivity index (χ1n) is 6.34. The summed E-state index contributed by atoms with van der Waals surface area (Å²) in [6.45, 7) is 9.63. The van der Waals surface area contributed by atoms with Gasteiger partial charge >= 0.3 is 0 Å². The van der Waals surface area contributed by atoms with Gasteiger partial charge in [-0.25, -0.2) is 0 Å². The first-order chi connectivity index (χ1) is 9.65. The molecule has 0 aliphatic carbocycles. The fourth-order valence-corrected chi connectivity index (χ4v) is 1.67. The first-order valence-corrected chi connectivity index (χ1v) is 7.41.